The Morgan fingerprint density at radius 1 is 1.35 bits per heavy atom. The molecule has 108 valence electrons. The molecule has 0 saturated heterocycles. The summed E-state index contributed by atoms with van der Waals surface area (Å²) in [6, 6.07) is 6.48. The third-order valence-electron chi connectivity index (χ3n) is 1.97. The fraction of sp³-hybridized carbons (Fsp3) is 0.400. The van der Waals surface area contributed by atoms with Gasteiger partial charge in [-0.25, -0.2) is 4.79 Å². The van der Waals surface area contributed by atoms with Crippen molar-refractivity contribution in [2.45, 2.75) is 32.7 Å². The maximum Gasteiger partial charge on any atom is 0.344 e. The van der Waals surface area contributed by atoms with Gasteiger partial charge in [-0.2, -0.15) is 0 Å². The highest BCUT2D eigenvalue weighted by Crippen LogP contribution is 2.12. The van der Waals surface area contributed by atoms with E-state index in [1.54, 1.807) is 45.0 Å². The number of esters is 1. The van der Waals surface area contributed by atoms with Crippen LogP contribution in [0.2, 0.25) is 0 Å². The Hall–Kier alpha value is -2.03. The first-order chi connectivity index (χ1) is 9.26. The van der Waals surface area contributed by atoms with Crippen LogP contribution < -0.4 is 9.84 Å². The number of benzene rings is 1. The summed E-state index contributed by atoms with van der Waals surface area (Å²) in [4.78, 5) is 11.4. The minimum atomic E-state index is -1.90. The van der Waals surface area contributed by atoms with Gasteiger partial charge in [0.25, 0.3) is 0 Å². The maximum atomic E-state index is 11.4. The van der Waals surface area contributed by atoms with Gasteiger partial charge in [0.2, 0.25) is 0 Å². The van der Waals surface area contributed by atoms with Gasteiger partial charge in [0.15, 0.2) is 6.61 Å². The van der Waals surface area contributed by atoms with E-state index in [0.29, 0.717) is 11.3 Å². The molecule has 0 amide bonds. The van der Waals surface area contributed by atoms with Crippen LogP contribution in [-0.4, -0.2) is 29.6 Å². The molecule has 5 nitrogen and oxygen atoms in total. The molecule has 0 bridgehead atoms. The summed E-state index contributed by atoms with van der Waals surface area (Å²) in [5.41, 5.74) is 0.0310. The van der Waals surface area contributed by atoms with Gasteiger partial charge in [0, 0.05) is 11.9 Å². The van der Waals surface area contributed by atoms with E-state index < -0.39 is 17.9 Å². The number of rotatable bonds is 3. The van der Waals surface area contributed by atoms with Crippen LogP contribution in [0.3, 0.4) is 0 Å². The Morgan fingerprint density at radius 2 is 1.95 bits per heavy atom. The van der Waals surface area contributed by atoms with E-state index in [1.807, 2.05) is 0 Å². The Kier molecular flexibility index (Phi) is 5.56. The minimum absolute atomic E-state index is 0.179. The molecule has 1 N–H and O–H groups in total. The van der Waals surface area contributed by atoms with Crippen molar-refractivity contribution >= 4 is 5.97 Å². The van der Waals surface area contributed by atoms with Crippen molar-refractivity contribution < 1.29 is 24.5 Å². The summed E-state index contributed by atoms with van der Waals surface area (Å²) < 4.78 is 10.4. The number of aliphatic hydroxyl groups is 1. The first-order valence-corrected chi connectivity index (χ1v) is 6.06. The molecule has 1 atom stereocenters. The average Bonchev–Trinajstić information content (AvgIpc) is 2.33. The summed E-state index contributed by atoms with van der Waals surface area (Å²) in [6.45, 7) is 5.16. The van der Waals surface area contributed by atoms with Crippen molar-refractivity contribution in [2.24, 2.45) is 0 Å². The SMILES string of the molecule is CC(C)(C)OC(=O)COc1ccc(C#CC([O-])O)cc1. The fourth-order valence-corrected chi connectivity index (χ4v) is 1.29. The first-order valence-electron chi connectivity index (χ1n) is 6.06. The molecule has 20 heavy (non-hydrogen) atoms. The molecule has 0 aliphatic heterocycles. The van der Waals surface area contributed by atoms with Gasteiger partial charge in [-0.3, -0.25) is 0 Å². The fourth-order valence-electron chi connectivity index (χ4n) is 1.29. The van der Waals surface area contributed by atoms with E-state index in [0.717, 1.165) is 0 Å². The molecule has 0 aromatic heterocycles. The van der Waals surface area contributed by atoms with Crippen molar-refractivity contribution in [3.63, 3.8) is 0 Å². The van der Waals surface area contributed by atoms with E-state index in [9.17, 15) is 9.90 Å². The second-order valence-corrected chi connectivity index (χ2v) is 5.02. The monoisotopic (exact) mass is 277 g/mol. The van der Waals surface area contributed by atoms with Gasteiger partial charge in [-0.1, -0.05) is 11.8 Å². The molecular formula is C15H17O5-. The number of hydrogen-bond acceptors (Lipinski definition) is 5. The molecule has 0 aliphatic carbocycles. The van der Waals surface area contributed by atoms with Crippen LogP contribution in [0.25, 0.3) is 0 Å². The van der Waals surface area contributed by atoms with E-state index in [-0.39, 0.29) is 6.61 Å². The van der Waals surface area contributed by atoms with Crippen molar-refractivity contribution in [3.8, 4) is 17.6 Å². The van der Waals surface area contributed by atoms with Crippen LogP contribution in [-0.2, 0) is 9.53 Å². The van der Waals surface area contributed by atoms with Crippen LogP contribution in [0.4, 0.5) is 0 Å². The highest BCUT2D eigenvalue weighted by atomic mass is 16.6. The lowest BCUT2D eigenvalue weighted by Crippen LogP contribution is -2.27. The number of hydrogen-bond donors (Lipinski definition) is 1. The first kappa shape index (κ1) is 16.0. The third-order valence-corrected chi connectivity index (χ3v) is 1.97. The quantitative estimate of drug-likeness (QED) is 0.492. The highest BCUT2D eigenvalue weighted by Gasteiger charge is 2.16. The van der Waals surface area contributed by atoms with Gasteiger partial charge < -0.3 is 19.7 Å². The Labute approximate surface area is 118 Å². The van der Waals surface area contributed by atoms with Crippen molar-refractivity contribution in [1.82, 2.24) is 0 Å². The summed E-state index contributed by atoms with van der Waals surface area (Å²) in [7, 11) is 0. The summed E-state index contributed by atoms with van der Waals surface area (Å²) >= 11 is 0. The zero-order valence-electron chi connectivity index (χ0n) is 11.7. The molecule has 0 spiro atoms. The maximum absolute atomic E-state index is 11.4. The van der Waals surface area contributed by atoms with Gasteiger partial charge in [0.05, 0.1) is 0 Å². The molecule has 0 fully saturated rings. The molecule has 1 aromatic rings. The Bertz CT molecular complexity index is 500. The molecule has 0 heterocycles. The lowest BCUT2D eigenvalue weighted by atomic mass is 10.2. The van der Waals surface area contributed by atoms with Crippen molar-refractivity contribution in [1.29, 1.82) is 0 Å². The lowest BCUT2D eigenvalue weighted by Gasteiger charge is -2.19. The number of carbonyl (C=O) groups is 1. The number of aliphatic hydroxyl groups excluding tert-OH is 1. The van der Waals surface area contributed by atoms with E-state index in [2.05, 4.69) is 11.8 Å². The largest absolute Gasteiger partial charge is 0.821 e. The smallest absolute Gasteiger partial charge is 0.344 e. The molecule has 0 aliphatic rings. The van der Waals surface area contributed by atoms with Crippen LogP contribution in [0.15, 0.2) is 24.3 Å². The zero-order chi connectivity index (χ0) is 15.2. The van der Waals surface area contributed by atoms with E-state index >= 15 is 0 Å². The van der Waals surface area contributed by atoms with Gasteiger partial charge in [-0.05, 0) is 45.0 Å². The second-order valence-electron chi connectivity index (χ2n) is 5.02. The van der Waals surface area contributed by atoms with Crippen molar-refractivity contribution in [2.75, 3.05) is 6.61 Å². The average molecular weight is 277 g/mol. The van der Waals surface area contributed by atoms with E-state index in [1.165, 1.54) is 0 Å². The number of carbonyl (C=O) groups excluding carboxylic acids is 1. The van der Waals surface area contributed by atoms with Gasteiger partial charge >= 0.3 is 5.97 Å². The Morgan fingerprint density at radius 3 is 2.45 bits per heavy atom. The zero-order valence-corrected chi connectivity index (χ0v) is 11.7. The normalized spacial score (nSPS) is 12.1. The standard InChI is InChI=1S/C15H17O5/c1-15(2,3)20-14(18)10-19-12-7-4-11(5-8-12)6-9-13(16)17/h4-5,7-8,13,16H,10H2,1-3H3/q-1. The van der Waals surface area contributed by atoms with Crippen molar-refractivity contribution in [3.05, 3.63) is 29.8 Å². The molecule has 5 heteroatoms. The highest BCUT2D eigenvalue weighted by molar-refractivity contribution is 5.71. The Balaban J connectivity index is 2.51. The molecule has 0 radical (unpaired) electrons. The van der Waals surface area contributed by atoms with Crippen LogP contribution in [0, 0.1) is 11.8 Å². The molecule has 1 unspecified atom stereocenters. The summed E-state index contributed by atoms with van der Waals surface area (Å²) in [5.74, 6) is 4.64. The molecular weight excluding hydrogens is 260 g/mol. The summed E-state index contributed by atoms with van der Waals surface area (Å²) in [5, 5.41) is 18.9. The summed E-state index contributed by atoms with van der Waals surface area (Å²) in [6.07, 6.45) is -1.90. The van der Waals surface area contributed by atoms with Crippen LogP contribution >= 0.6 is 0 Å². The number of ether oxygens (including phenoxy) is 2. The lowest BCUT2D eigenvalue weighted by molar-refractivity contribution is -0.459. The van der Waals surface area contributed by atoms with Crippen LogP contribution in [0.5, 0.6) is 5.75 Å². The molecule has 1 rings (SSSR count). The third kappa shape index (κ3) is 6.78. The molecule has 1 aromatic carbocycles. The van der Waals surface area contributed by atoms with Gasteiger partial charge in [-0.15, -0.1) is 0 Å². The minimum Gasteiger partial charge on any atom is -0.821 e. The second kappa shape index (κ2) is 6.94. The van der Waals surface area contributed by atoms with Gasteiger partial charge in [0.1, 0.15) is 11.4 Å². The van der Waals surface area contributed by atoms with E-state index in [4.69, 9.17) is 14.6 Å². The molecule has 0 saturated carbocycles. The topological polar surface area (TPSA) is 78.8 Å². The predicted octanol–water partition coefficient (Wildman–Crippen LogP) is 0.437. The van der Waals surface area contributed by atoms with Crippen LogP contribution in [0.1, 0.15) is 26.3 Å². The predicted molar refractivity (Wildman–Crippen MR) is 70.7 cm³/mol.